The van der Waals surface area contributed by atoms with Gasteiger partial charge in [-0.25, -0.2) is 0 Å². The van der Waals surface area contributed by atoms with Crippen LogP contribution in [-0.4, -0.2) is 17.8 Å². The Hall–Kier alpha value is -1.48. The summed E-state index contributed by atoms with van der Waals surface area (Å²) in [5.41, 5.74) is 6.71. The van der Waals surface area contributed by atoms with Crippen LogP contribution in [-0.2, 0) is 0 Å². The molecule has 0 unspecified atom stereocenters. The summed E-state index contributed by atoms with van der Waals surface area (Å²) in [5, 5.41) is 0. The molecule has 0 aliphatic rings. The molecule has 62 valence electrons. The monoisotopic (exact) mass is 162 g/mol. The van der Waals surface area contributed by atoms with E-state index in [0.29, 0.717) is 12.1 Å². The Morgan fingerprint density at radius 1 is 1.50 bits per heavy atom. The second kappa shape index (κ2) is 4.41. The number of hydrogen-bond acceptors (Lipinski definition) is 3. The van der Waals surface area contributed by atoms with Gasteiger partial charge in [0.1, 0.15) is 0 Å². The van der Waals surface area contributed by atoms with Crippen LogP contribution in [0, 0.1) is 0 Å². The van der Waals surface area contributed by atoms with Crippen molar-refractivity contribution >= 4 is 12.4 Å². The zero-order valence-corrected chi connectivity index (χ0v) is 6.60. The van der Waals surface area contributed by atoms with Gasteiger partial charge in [-0.05, 0) is 6.07 Å². The van der Waals surface area contributed by atoms with Crippen LogP contribution in [0.25, 0.3) is 6.08 Å². The molecule has 3 nitrogen and oxygen atoms in total. The van der Waals surface area contributed by atoms with Gasteiger partial charge in [-0.2, -0.15) is 0 Å². The van der Waals surface area contributed by atoms with E-state index in [1.807, 2.05) is 0 Å². The van der Waals surface area contributed by atoms with Gasteiger partial charge in [0.25, 0.3) is 0 Å². The minimum atomic E-state index is 0.465. The minimum Gasteiger partial charge on any atom is -0.327 e. The second-order valence-corrected chi connectivity index (χ2v) is 2.26. The maximum Gasteiger partial charge on any atom is 0.150 e. The van der Waals surface area contributed by atoms with Crippen LogP contribution >= 0.6 is 0 Å². The standard InChI is InChI=1S/C9H10N2O/c10-4-1-2-8-6-11-5-3-9(8)7-12/h1-3,5-7H,4,10H2. The molecule has 1 aromatic rings. The third-order valence-electron chi connectivity index (χ3n) is 1.45. The largest absolute Gasteiger partial charge is 0.327 e. The van der Waals surface area contributed by atoms with Gasteiger partial charge < -0.3 is 5.73 Å². The molecule has 0 saturated carbocycles. The van der Waals surface area contributed by atoms with Crippen molar-refractivity contribution in [3.05, 3.63) is 35.7 Å². The highest BCUT2D eigenvalue weighted by Gasteiger charge is 1.94. The molecule has 1 heterocycles. The molecule has 0 saturated heterocycles. The number of pyridine rings is 1. The molecule has 3 heteroatoms. The van der Waals surface area contributed by atoms with Crippen LogP contribution in [0.3, 0.4) is 0 Å². The minimum absolute atomic E-state index is 0.465. The summed E-state index contributed by atoms with van der Waals surface area (Å²) in [4.78, 5) is 14.4. The topological polar surface area (TPSA) is 56.0 Å². The first-order valence-corrected chi connectivity index (χ1v) is 3.64. The molecule has 0 amide bonds. The lowest BCUT2D eigenvalue weighted by molar-refractivity contribution is 0.112. The Morgan fingerprint density at radius 2 is 2.33 bits per heavy atom. The number of rotatable bonds is 3. The summed E-state index contributed by atoms with van der Waals surface area (Å²) in [7, 11) is 0. The lowest BCUT2D eigenvalue weighted by Crippen LogP contribution is -1.93. The van der Waals surface area contributed by atoms with Crippen molar-refractivity contribution in [2.24, 2.45) is 5.73 Å². The molecule has 1 aromatic heterocycles. The quantitative estimate of drug-likeness (QED) is 0.671. The Bertz CT molecular complexity index is 294. The molecule has 0 aliphatic carbocycles. The number of carbonyl (C=O) groups is 1. The molecular formula is C9H10N2O. The zero-order valence-electron chi connectivity index (χ0n) is 6.60. The summed E-state index contributed by atoms with van der Waals surface area (Å²) in [6.45, 7) is 0.465. The van der Waals surface area contributed by atoms with Gasteiger partial charge in [0.15, 0.2) is 6.29 Å². The van der Waals surface area contributed by atoms with Crippen LogP contribution < -0.4 is 5.73 Å². The van der Waals surface area contributed by atoms with Gasteiger partial charge in [0.2, 0.25) is 0 Å². The predicted octanol–water partition coefficient (Wildman–Crippen LogP) is 0.866. The van der Waals surface area contributed by atoms with Gasteiger partial charge in [-0.15, -0.1) is 0 Å². The number of aromatic nitrogens is 1. The van der Waals surface area contributed by atoms with Gasteiger partial charge in [-0.3, -0.25) is 9.78 Å². The van der Waals surface area contributed by atoms with E-state index < -0.39 is 0 Å². The Morgan fingerprint density at radius 3 is 3.00 bits per heavy atom. The SMILES string of the molecule is NCC=Cc1cnccc1C=O. The number of nitrogens with zero attached hydrogens (tertiary/aromatic N) is 1. The molecule has 0 fully saturated rings. The van der Waals surface area contributed by atoms with Crippen molar-refractivity contribution in [2.45, 2.75) is 0 Å². The fraction of sp³-hybridized carbons (Fsp3) is 0.111. The maximum atomic E-state index is 10.5. The predicted molar refractivity (Wildman–Crippen MR) is 47.7 cm³/mol. The second-order valence-electron chi connectivity index (χ2n) is 2.26. The molecule has 12 heavy (non-hydrogen) atoms. The highest BCUT2D eigenvalue weighted by Crippen LogP contribution is 2.05. The fourth-order valence-corrected chi connectivity index (χ4v) is 0.859. The first-order valence-electron chi connectivity index (χ1n) is 3.64. The van der Waals surface area contributed by atoms with E-state index in [0.717, 1.165) is 11.8 Å². The van der Waals surface area contributed by atoms with Crippen molar-refractivity contribution in [1.82, 2.24) is 4.98 Å². The summed E-state index contributed by atoms with van der Waals surface area (Å²) in [5.74, 6) is 0. The number of aldehydes is 1. The van der Waals surface area contributed by atoms with E-state index in [4.69, 9.17) is 5.73 Å². The Labute approximate surface area is 70.9 Å². The Kier molecular flexibility index (Phi) is 3.17. The Balaban J connectivity index is 2.96. The third-order valence-corrected chi connectivity index (χ3v) is 1.45. The summed E-state index contributed by atoms with van der Waals surface area (Å²) in [6, 6.07) is 1.67. The summed E-state index contributed by atoms with van der Waals surface area (Å²) >= 11 is 0. The maximum absolute atomic E-state index is 10.5. The fourth-order valence-electron chi connectivity index (χ4n) is 0.859. The van der Waals surface area contributed by atoms with E-state index in [-0.39, 0.29) is 0 Å². The van der Waals surface area contributed by atoms with E-state index >= 15 is 0 Å². The number of hydrogen-bond donors (Lipinski definition) is 1. The van der Waals surface area contributed by atoms with E-state index in [1.54, 1.807) is 30.6 Å². The normalized spacial score (nSPS) is 10.4. The van der Waals surface area contributed by atoms with Gasteiger partial charge in [0.05, 0.1) is 0 Å². The molecular weight excluding hydrogens is 152 g/mol. The van der Waals surface area contributed by atoms with Gasteiger partial charge >= 0.3 is 0 Å². The van der Waals surface area contributed by atoms with Crippen molar-refractivity contribution in [3.63, 3.8) is 0 Å². The van der Waals surface area contributed by atoms with Crippen LogP contribution in [0.1, 0.15) is 15.9 Å². The van der Waals surface area contributed by atoms with Crippen molar-refractivity contribution < 1.29 is 4.79 Å². The first-order chi connectivity index (χ1) is 5.88. The van der Waals surface area contributed by atoms with Crippen LogP contribution in [0.4, 0.5) is 0 Å². The van der Waals surface area contributed by atoms with Crippen LogP contribution in [0.5, 0.6) is 0 Å². The average molecular weight is 162 g/mol. The number of nitrogens with two attached hydrogens (primary N) is 1. The lowest BCUT2D eigenvalue weighted by atomic mass is 10.1. The average Bonchev–Trinajstić information content (AvgIpc) is 2.15. The number of carbonyl (C=O) groups excluding carboxylic acids is 1. The van der Waals surface area contributed by atoms with Gasteiger partial charge in [-0.1, -0.05) is 12.2 Å². The molecule has 1 rings (SSSR count). The molecule has 0 spiro atoms. The summed E-state index contributed by atoms with van der Waals surface area (Å²) in [6.07, 6.45) is 7.60. The first kappa shape index (κ1) is 8.62. The van der Waals surface area contributed by atoms with Crippen molar-refractivity contribution in [3.8, 4) is 0 Å². The third kappa shape index (κ3) is 2.00. The molecule has 0 radical (unpaired) electrons. The van der Waals surface area contributed by atoms with Crippen LogP contribution in [0.15, 0.2) is 24.5 Å². The highest BCUT2D eigenvalue weighted by molar-refractivity contribution is 5.81. The van der Waals surface area contributed by atoms with E-state index in [9.17, 15) is 4.79 Å². The lowest BCUT2D eigenvalue weighted by Gasteiger charge is -1.95. The van der Waals surface area contributed by atoms with E-state index in [2.05, 4.69) is 4.98 Å². The van der Waals surface area contributed by atoms with E-state index in [1.165, 1.54) is 0 Å². The summed E-state index contributed by atoms with van der Waals surface area (Å²) < 4.78 is 0. The van der Waals surface area contributed by atoms with Crippen molar-refractivity contribution in [1.29, 1.82) is 0 Å². The molecule has 0 aliphatic heterocycles. The smallest absolute Gasteiger partial charge is 0.150 e. The zero-order chi connectivity index (χ0) is 8.81. The molecule has 0 bridgehead atoms. The van der Waals surface area contributed by atoms with Gasteiger partial charge in [0, 0.05) is 30.1 Å². The van der Waals surface area contributed by atoms with Crippen molar-refractivity contribution in [2.75, 3.05) is 6.54 Å². The molecule has 2 N–H and O–H groups in total. The van der Waals surface area contributed by atoms with Crippen LogP contribution in [0.2, 0.25) is 0 Å². The highest BCUT2D eigenvalue weighted by atomic mass is 16.1. The molecule has 0 atom stereocenters. The molecule has 0 aromatic carbocycles.